The van der Waals surface area contributed by atoms with Gasteiger partial charge in [-0.05, 0) is 76.4 Å². The minimum absolute atomic E-state index is 0.0616. The highest BCUT2D eigenvalue weighted by molar-refractivity contribution is 5.21. The molecule has 156 valence electrons. The second-order valence-corrected chi connectivity index (χ2v) is 7.46. The van der Waals surface area contributed by atoms with E-state index in [-0.39, 0.29) is 11.7 Å². The Balaban J connectivity index is 1.95. The van der Waals surface area contributed by atoms with Crippen LogP contribution in [0.3, 0.4) is 0 Å². The predicted molar refractivity (Wildman–Crippen MR) is 114 cm³/mol. The SMILES string of the molecule is C=C/C(F)=C\C=C1/CCCCN(C(/C=C(/F)CN2CCCCC2)=C/C)CCN1. The van der Waals surface area contributed by atoms with Crippen LogP contribution >= 0.6 is 0 Å². The molecule has 0 atom stereocenters. The monoisotopic (exact) mass is 391 g/mol. The Hall–Kier alpha value is -1.88. The van der Waals surface area contributed by atoms with Gasteiger partial charge in [-0.2, -0.15) is 0 Å². The molecule has 0 aromatic rings. The Morgan fingerprint density at radius 1 is 1.07 bits per heavy atom. The van der Waals surface area contributed by atoms with E-state index in [1.54, 1.807) is 12.2 Å². The fraction of sp³-hybridized carbons (Fsp3) is 0.565. The summed E-state index contributed by atoms with van der Waals surface area (Å²) in [6, 6.07) is 0. The average molecular weight is 392 g/mol. The van der Waals surface area contributed by atoms with Gasteiger partial charge in [-0.3, -0.25) is 4.90 Å². The Morgan fingerprint density at radius 3 is 2.54 bits per heavy atom. The van der Waals surface area contributed by atoms with Crippen LogP contribution in [0.15, 0.2) is 60.0 Å². The van der Waals surface area contributed by atoms with Crippen LogP contribution in [-0.4, -0.2) is 49.1 Å². The van der Waals surface area contributed by atoms with Crippen molar-refractivity contribution in [2.75, 3.05) is 39.3 Å². The zero-order valence-electron chi connectivity index (χ0n) is 17.2. The molecule has 2 heterocycles. The van der Waals surface area contributed by atoms with E-state index in [2.05, 4.69) is 21.7 Å². The summed E-state index contributed by atoms with van der Waals surface area (Å²) >= 11 is 0. The van der Waals surface area contributed by atoms with E-state index < -0.39 is 0 Å². The third-order valence-corrected chi connectivity index (χ3v) is 5.29. The molecule has 0 aromatic heterocycles. The van der Waals surface area contributed by atoms with E-state index in [4.69, 9.17) is 0 Å². The lowest BCUT2D eigenvalue weighted by molar-refractivity contribution is 0.233. The molecule has 0 radical (unpaired) electrons. The maximum Gasteiger partial charge on any atom is 0.122 e. The third kappa shape index (κ3) is 8.01. The molecule has 0 aromatic carbocycles. The fourth-order valence-corrected chi connectivity index (χ4v) is 3.71. The number of hydrogen-bond donors (Lipinski definition) is 1. The fourth-order valence-electron chi connectivity index (χ4n) is 3.71. The summed E-state index contributed by atoms with van der Waals surface area (Å²) in [5.74, 6) is -0.394. The van der Waals surface area contributed by atoms with Gasteiger partial charge in [0.05, 0.1) is 6.54 Å². The van der Waals surface area contributed by atoms with Crippen LogP contribution in [0, 0.1) is 0 Å². The molecule has 0 bridgehead atoms. The van der Waals surface area contributed by atoms with Crippen LogP contribution in [0.25, 0.3) is 0 Å². The van der Waals surface area contributed by atoms with Gasteiger partial charge in [0.2, 0.25) is 0 Å². The van der Waals surface area contributed by atoms with Crippen LogP contribution < -0.4 is 5.32 Å². The average Bonchev–Trinajstić information content (AvgIpc) is 2.83. The molecular formula is C23H35F2N3. The van der Waals surface area contributed by atoms with Gasteiger partial charge in [-0.1, -0.05) is 19.1 Å². The van der Waals surface area contributed by atoms with Crippen molar-refractivity contribution in [1.29, 1.82) is 0 Å². The molecule has 1 N–H and O–H groups in total. The number of likely N-dealkylation sites (tertiary alicyclic amines) is 1. The maximum absolute atomic E-state index is 14.6. The van der Waals surface area contributed by atoms with Gasteiger partial charge in [0.15, 0.2) is 0 Å². The van der Waals surface area contributed by atoms with E-state index in [1.807, 2.05) is 13.0 Å². The minimum atomic E-state index is -0.332. The summed E-state index contributed by atoms with van der Waals surface area (Å²) in [5, 5.41) is 3.39. The summed E-state index contributed by atoms with van der Waals surface area (Å²) < 4.78 is 27.9. The molecule has 0 amide bonds. The highest BCUT2D eigenvalue weighted by Gasteiger charge is 2.14. The molecule has 3 nitrogen and oxygen atoms in total. The number of allylic oxidation sites excluding steroid dienone is 7. The molecule has 2 aliphatic heterocycles. The van der Waals surface area contributed by atoms with E-state index in [1.165, 1.54) is 31.4 Å². The largest absolute Gasteiger partial charge is 0.387 e. The number of nitrogens with one attached hydrogen (secondary N) is 1. The van der Waals surface area contributed by atoms with Crippen LogP contribution in [0.4, 0.5) is 8.78 Å². The van der Waals surface area contributed by atoms with E-state index in [9.17, 15) is 8.78 Å². The molecule has 0 aliphatic carbocycles. The maximum atomic E-state index is 14.6. The van der Waals surface area contributed by atoms with Crippen molar-refractivity contribution >= 4 is 0 Å². The van der Waals surface area contributed by atoms with Crippen molar-refractivity contribution < 1.29 is 8.78 Å². The third-order valence-electron chi connectivity index (χ3n) is 5.29. The van der Waals surface area contributed by atoms with Crippen LogP contribution in [0.5, 0.6) is 0 Å². The van der Waals surface area contributed by atoms with Gasteiger partial charge in [-0.15, -0.1) is 0 Å². The van der Waals surface area contributed by atoms with Crippen LogP contribution in [0.1, 0.15) is 45.4 Å². The Morgan fingerprint density at radius 2 is 1.82 bits per heavy atom. The van der Waals surface area contributed by atoms with Crippen molar-refractivity contribution in [3.63, 3.8) is 0 Å². The zero-order chi connectivity index (χ0) is 20.2. The zero-order valence-corrected chi connectivity index (χ0v) is 17.2. The lowest BCUT2D eigenvalue weighted by atomic mass is 10.1. The second-order valence-electron chi connectivity index (χ2n) is 7.46. The highest BCUT2D eigenvalue weighted by atomic mass is 19.1. The minimum Gasteiger partial charge on any atom is -0.387 e. The van der Waals surface area contributed by atoms with Gasteiger partial charge in [0.25, 0.3) is 0 Å². The van der Waals surface area contributed by atoms with Crippen molar-refractivity contribution in [1.82, 2.24) is 15.1 Å². The quantitative estimate of drug-likeness (QED) is 0.626. The van der Waals surface area contributed by atoms with Crippen molar-refractivity contribution in [3.8, 4) is 0 Å². The van der Waals surface area contributed by atoms with Crippen molar-refractivity contribution in [2.24, 2.45) is 0 Å². The van der Waals surface area contributed by atoms with Crippen molar-refractivity contribution in [3.05, 3.63) is 60.0 Å². The van der Waals surface area contributed by atoms with Crippen LogP contribution in [-0.2, 0) is 0 Å². The summed E-state index contributed by atoms with van der Waals surface area (Å²) in [6.45, 7) is 10.2. The summed E-state index contributed by atoms with van der Waals surface area (Å²) in [5.41, 5.74) is 1.98. The van der Waals surface area contributed by atoms with Crippen molar-refractivity contribution in [2.45, 2.75) is 45.4 Å². The van der Waals surface area contributed by atoms with E-state index in [0.717, 1.165) is 63.4 Å². The molecule has 0 spiro atoms. The van der Waals surface area contributed by atoms with Gasteiger partial charge in [0.1, 0.15) is 11.7 Å². The summed E-state index contributed by atoms with van der Waals surface area (Å²) in [4.78, 5) is 4.45. The highest BCUT2D eigenvalue weighted by Crippen LogP contribution is 2.17. The van der Waals surface area contributed by atoms with Crippen LogP contribution in [0.2, 0.25) is 0 Å². The topological polar surface area (TPSA) is 18.5 Å². The first-order valence-corrected chi connectivity index (χ1v) is 10.5. The first-order chi connectivity index (χ1) is 13.6. The predicted octanol–water partition coefficient (Wildman–Crippen LogP) is 5.23. The molecule has 0 saturated carbocycles. The molecule has 2 aliphatic rings. The normalized spacial score (nSPS) is 23.0. The Bertz CT molecular complexity index is 613. The first kappa shape index (κ1) is 22.4. The number of rotatable bonds is 6. The lowest BCUT2D eigenvalue weighted by Crippen LogP contribution is -2.32. The molecule has 2 saturated heterocycles. The number of halogens is 2. The summed E-state index contributed by atoms with van der Waals surface area (Å²) in [6.07, 6.45) is 14.7. The van der Waals surface area contributed by atoms with E-state index in [0.29, 0.717) is 6.54 Å². The lowest BCUT2D eigenvalue weighted by Gasteiger charge is -2.27. The van der Waals surface area contributed by atoms with Gasteiger partial charge in [-0.25, -0.2) is 8.78 Å². The standard InChI is InChI=1S/C23H35F2N3/c1-3-20(24)11-12-22-10-6-9-16-28(17-13-26-22)23(4-2)18-21(25)19-27-14-7-5-8-15-27/h3-4,11-12,18,26H,1,5-10,13-17,19H2,2H3/b20-11+,21-18+,22-12+,23-4+. The molecule has 0 unspecified atom stereocenters. The second kappa shape index (κ2) is 12.6. The number of piperidine rings is 1. The van der Waals surface area contributed by atoms with E-state index >= 15 is 0 Å². The molecule has 2 rings (SSSR count). The summed E-state index contributed by atoms with van der Waals surface area (Å²) in [7, 11) is 0. The molecule has 5 heteroatoms. The smallest absolute Gasteiger partial charge is 0.122 e. The van der Waals surface area contributed by atoms with Gasteiger partial charge >= 0.3 is 0 Å². The first-order valence-electron chi connectivity index (χ1n) is 10.5. The molecule has 28 heavy (non-hydrogen) atoms. The van der Waals surface area contributed by atoms with Gasteiger partial charge in [0, 0.05) is 31.0 Å². The van der Waals surface area contributed by atoms with Gasteiger partial charge < -0.3 is 10.2 Å². The number of hydrogen-bond acceptors (Lipinski definition) is 3. The molecule has 2 fully saturated rings. The Labute approximate surface area is 169 Å². The number of nitrogens with zero attached hydrogens (tertiary/aromatic N) is 2. The Kier molecular flexibility index (Phi) is 10.0. The molecular weight excluding hydrogens is 356 g/mol.